The summed E-state index contributed by atoms with van der Waals surface area (Å²) in [5, 5.41) is 6.68. The number of rotatable bonds is 1. The van der Waals surface area contributed by atoms with Gasteiger partial charge >= 0.3 is 0 Å². The van der Waals surface area contributed by atoms with Crippen LogP contribution in [0, 0.1) is 0 Å². The Kier molecular flexibility index (Phi) is 4.22. The third kappa shape index (κ3) is 3.20. The summed E-state index contributed by atoms with van der Waals surface area (Å²) in [5.41, 5.74) is 0.888. The lowest BCUT2D eigenvalue weighted by molar-refractivity contribution is 1.14. The number of hydrogen-bond donors (Lipinski definition) is 2. The molecule has 0 saturated carbocycles. The van der Waals surface area contributed by atoms with Crippen LogP contribution in [0.3, 0.4) is 0 Å². The quantitative estimate of drug-likeness (QED) is 0.611. The highest BCUT2D eigenvalue weighted by molar-refractivity contribution is 9.10. The fraction of sp³-hybridized carbons (Fsp3) is 0.222. The molecule has 14 heavy (non-hydrogen) atoms. The highest BCUT2D eigenvalue weighted by atomic mass is 79.9. The van der Waals surface area contributed by atoms with Crippen LogP contribution in [0.5, 0.6) is 0 Å². The third-order valence-corrected chi connectivity index (χ3v) is 2.26. The summed E-state index contributed by atoms with van der Waals surface area (Å²) in [6, 6.07) is 5.58. The number of nitrogens with zero attached hydrogens (tertiary/aromatic N) is 1. The Morgan fingerprint density at radius 2 is 2.14 bits per heavy atom. The number of anilines is 1. The number of hydrogen-bond acceptors (Lipinski definition) is 1. The Bertz CT molecular complexity index is 332. The van der Waals surface area contributed by atoms with Crippen molar-refractivity contribution in [2.45, 2.75) is 0 Å². The maximum Gasteiger partial charge on any atom is 0.195 e. The molecule has 0 bridgehead atoms. The fourth-order valence-electron chi connectivity index (χ4n) is 0.993. The average molecular weight is 277 g/mol. The van der Waals surface area contributed by atoms with E-state index in [1.165, 1.54) is 0 Å². The summed E-state index contributed by atoms with van der Waals surface area (Å²) >= 11 is 9.25. The zero-order valence-electron chi connectivity index (χ0n) is 7.94. The molecule has 1 aromatic carbocycles. The average Bonchev–Trinajstić information content (AvgIpc) is 2.12. The molecule has 0 aliphatic rings. The second-order valence-electron chi connectivity index (χ2n) is 2.61. The second kappa shape index (κ2) is 5.22. The first kappa shape index (κ1) is 11.3. The van der Waals surface area contributed by atoms with E-state index in [1.54, 1.807) is 14.1 Å². The molecule has 0 saturated heterocycles. The van der Waals surface area contributed by atoms with E-state index in [0.717, 1.165) is 10.2 Å². The van der Waals surface area contributed by atoms with Gasteiger partial charge in [-0.3, -0.25) is 4.99 Å². The van der Waals surface area contributed by atoms with E-state index in [4.69, 9.17) is 11.6 Å². The highest BCUT2D eigenvalue weighted by Crippen LogP contribution is 2.22. The second-order valence-corrected chi connectivity index (χ2v) is 3.96. The molecule has 0 aliphatic carbocycles. The summed E-state index contributed by atoms with van der Waals surface area (Å²) in [6.07, 6.45) is 0. The number of halogens is 2. The van der Waals surface area contributed by atoms with E-state index in [-0.39, 0.29) is 0 Å². The van der Waals surface area contributed by atoms with Gasteiger partial charge in [0.15, 0.2) is 5.96 Å². The molecule has 0 radical (unpaired) electrons. The molecular formula is C9H11BrClN3. The number of benzene rings is 1. The zero-order chi connectivity index (χ0) is 10.6. The van der Waals surface area contributed by atoms with E-state index in [0.29, 0.717) is 11.0 Å². The van der Waals surface area contributed by atoms with Gasteiger partial charge in [0.1, 0.15) is 0 Å². The van der Waals surface area contributed by atoms with Gasteiger partial charge in [0, 0.05) is 29.3 Å². The predicted molar refractivity (Wildman–Crippen MR) is 65.2 cm³/mol. The van der Waals surface area contributed by atoms with Crippen LogP contribution < -0.4 is 10.6 Å². The number of guanidine groups is 1. The Balaban J connectivity index is 2.86. The topological polar surface area (TPSA) is 36.4 Å². The van der Waals surface area contributed by atoms with Crippen LogP contribution in [0.2, 0.25) is 5.02 Å². The molecule has 0 unspecified atom stereocenters. The van der Waals surface area contributed by atoms with Crippen LogP contribution in [-0.4, -0.2) is 20.1 Å². The Labute approximate surface area is 96.7 Å². The highest BCUT2D eigenvalue weighted by Gasteiger charge is 1.99. The minimum atomic E-state index is 0.674. The van der Waals surface area contributed by atoms with Crippen molar-refractivity contribution in [3.63, 3.8) is 0 Å². The first-order chi connectivity index (χ1) is 6.65. The van der Waals surface area contributed by atoms with Crippen LogP contribution in [0.25, 0.3) is 0 Å². The number of aliphatic imine (C=N–C) groups is 1. The van der Waals surface area contributed by atoms with Crippen molar-refractivity contribution in [3.8, 4) is 0 Å². The zero-order valence-corrected chi connectivity index (χ0v) is 10.3. The summed E-state index contributed by atoms with van der Waals surface area (Å²) in [4.78, 5) is 4.00. The van der Waals surface area contributed by atoms with Gasteiger partial charge in [-0.2, -0.15) is 0 Å². The molecule has 3 nitrogen and oxygen atoms in total. The summed E-state index contributed by atoms with van der Waals surface area (Å²) in [5.74, 6) is 0.694. The van der Waals surface area contributed by atoms with Crippen molar-refractivity contribution >= 4 is 39.2 Å². The maximum atomic E-state index is 5.89. The van der Waals surface area contributed by atoms with E-state index in [2.05, 4.69) is 31.6 Å². The number of nitrogens with one attached hydrogen (secondary N) is 2. The monoisotopic (exact) mass is 275 g/mol. The molecule has 0 amide bonds. The molecule has 1 rings (SSSR count). The molecule has 0 heterocycles. The summed E-state index contributed by atoms with van der Waals surface area (Å²) in [7, 11) is 3.51. The van der Waals surface area contributed by atoms with Crippen LogP contribution in [-0.2, 0) is 0 Å². The summed E-state index contributed by atoms with van der Waals surface area (Å²) < 4.78 is 0.930. The first-order valence-electron chi connectivity index (χ1n) is 4.03. The van der Waals surface area contributed by atoms with Gasteiger partial charge in [-0.15, -0.1) is 0 Å². The largest absolute Gasteiger partial charge is 0.359 e. The lowest BCUT2D eigenvalue weighted by Crippen LogP contribution is -2.26. The Hall–Kier alpha value is -0.740. The minimum absolute atomic E-state index is 0.674. The predicted octanol–water partition coefficient (Wildman–Crippen LogP) is 2.72. The van der Waals surface area contributed by atoms with Crippen molar-refractivity contribution in [1.29, 1.82) is 0 Å². The van der Waals surface area contributed by atoms with E-state index in [1.807, 2.05) is 18.2 Å². The van der Waals surface area contributed by atoms with Crippen molar-refractivity contribution in [2.75, 3.05) is 19.4 Å². The van der Waals surface area contributed by atoms with Gasteiger partial charge in [0.25, 0.3) is 0 Å². The Morgan fingerprint density at radius 3 is 2.64 bits per heavy atom. The molecule has 76 valence electrons. The first-order valence-corrected chi connectivity index (χ1v) is 5.20. The summed E-state index contributed by atoms with van der Waals surface area (Å²) in [6.45, 7) is 0. The molecule has 5 heteroatoms. The van der Waals surface area contributed by atoms with Crippen LogP contribution in [0.15, 0.2) is 27.7 Å². The van der Waals surface area contributed by atoms with Crippen molar-refractivity contribution < 1.29 is 0 Å². The SMILES string of the molecule is CN=C(NC)Nc1cc(Cl)cc(Br)c1. The molecule has 2 N–H and O–H groups in total. The third-order valence-electron chi connectivity index (χ3n) is 1.59. The van der Waals surface area contributed by atoms with Gasteiger partial charge in [-0.05, 0) is 18.2 Å². The van der Waals surface area contributed by atoms with E-state index in [9.17, 15) is 0 Å². The standard InChI is InChI=1S/C9H11BrClN3/c1-12-9(13-2)14-8-4-6(10)3-7(11)5-8/h3-5H,1-2H3,(H2,12,13,14). The molecule has 1 aromatic rings. The molecule has 0 aliphatic heterocycles. The van der Waals surface area contributed by atoms with E-state index < -0.39 is 0 Å². The Morgan fingerprint density at radius 1 is 1.43 bits per heavy atom. The molecule has 0 aromatic heterocycles. The van der Waals surface area contributed by atoms with Crippen LogP contribution in [0.4, 0.5) is 5.69 Å². The van der Waals surface area contributed by atoms with E-state index >= 15 is 0 Å². The molecular weight excluding hydrogens is 265 g/mol. The lowest BCUT2D eigenvalue weighted by atomic mass is 10.3. The minimum Gasteiger partial charge on any atom is -0.359 e. The lowest BCUT2D eigenvalue weighted by Gasteiger charge is -2.08. The smallest absolute Gasteiger partial charge is 0.195 e. The van der Waals surface area contributed by atoms with Gasteiger partial charge < -0.3 is 10.6 Å². The normalized spacial score (nSPS) is 11.3. The van der Waals surface area contributed by atoms with Crippen molar-refractivity contribution in [3.05, 3.63) is 27.7 Å². The van der Waals surface area contributed by atoms with Gasteiger partial charge in [0.05, 0.1) is 0 Å². The molecule has 0 atom stereocenters. The van der Waals surface area contributed by atoms with Crippen molar-refractivity contribution in [2.24, 2.45) is 4.99 Å². The van der Waals surface area contributed by atoms with Crippen LogP contribution in [0.1, 0.15) is 0 Å². The maximum absolute atomic E-state index is 5.89. The van der Waals surface area contributed by atoms with Gasteiger partial charge in [-0.25, -0.2) is 0 Å². The van der Waals surface area contributed by atoms with Crippen molar-refractivity contribution in [1.82, 2.24) is 5.32 Å². The van der Waals surface area contributed by atoms with Gasteiger partial charge in [0.2, 0.25) is 0 Å². The van der Waals surface area contributed by atoms with Gasteiger partial charge in [-0.1, -0.05) is 27.5 Å². The molecule has 0 spiro atoms. The molecule has 0 fully saturated rings. The van der Waals surface area contributed by atoms with Crippen LogP contribution >= 0.6 is 27.5 Å². The fourth-order valence-corrected chi connectivity index (χ4v) is 1.85.